The van der Waals surface area contributed by atoms with Crippen LogP contribution in [-0.2, 0) is 0 Å². The van der Waals surface area contributed by atoms with Crippen molar-refractivity contribution >= 4 is 22.8 Å². The molecule has 2 atom stereocenters. The maximum Gasteiger partial charge on any atom is 0.176 e. The molecule has 0 aromatic heterocycles. The largest absolute Gasteiger partial charge is 0.494 e. The zero-order valence-corrected chi connectivity index (χ0v) is 26.6. The fourth-order valence-corrected chi connectivity index (χ4v) is 6.13. The molecule has 226 valence electrons. The summed E-state index contributed by atoms with van der Waals surface area (Å²) < 4.78 is 5.99. The van der Waals surface area contributed by atoms with Gasteiger partial charge in [0.25, 0.3) is 0 Å². The smallest absolute Gasteiger partial charge is 0.176 e. The Balaban J connectivity index is 1.44. The molecule has 1 N–H and O–H groups in total. The molecule has 1 aliphatic rings. The molecule has 1 heterocycles. The number of Topliss-reactive ketones (excluding diaryl/α,β-unsaturated/α-hetero) is 1. The van der Waals surface area contributed by atoms with Crippen LogP contribution in [0.1, 0.15) is 139 Å². The van der Waals surface area contributed by atoms with Gasteiger partial charge in [0.2, 0.25) is 0 Å². The van der Waals surface area contributed by atoms with Gasteiger partial charge in [0.15, 0.2) is 5.78 Å². The summed E-state index contributed by atoms with van der Waals surface area (Å²) in [6.07, 6.45) is 19.4. The third-order valence-corrected chi connectivity index (χ3v) is 8.70. The average molecular weight is 580 g/mol. The van der Waals surface area contributed by atoms with E-state index < -0.39 is 5.92 Å². The summed E-state index contributed by atoms with van der Waals surface area (Å²) in [4.78, 5) is 17.1. The predicted octanol–water partition coefficient (Wildman–Crippen LogP) is 10.1. The van der Waals surface area contributed by atoms with Crippen LogP contribution < -0.4 is 9.57 Å². The Kier molecular flexibility index (Phi) is 16.0. The topological polar surface area (TPSA) is 53.9 Å². The van der Waals surface area contributed by atoms with Crippen LogP contribution >= 0.6 is 11.9 Å². The number of benzene rings is 2. The molecule has 0 bridgehead atoms. The van der Waals surface area contributed by atoms with Gasteiger partial charge in [0.05, 0.1) is 18.6 Å². The van der Waals surface area contributed by atoms with Crippen molar-refractivity contribution in [3.63, 3.8) is 0 Å². The molecule has 6 heteroatoms. The van der Waals surface area contributed by atoms with E-state index in [1.54, 1.807) is 0 Å². The van der Waals surface area contributed by atoms with Crippen LogP contribution in [0.3, 0.4) is 0 Å². The number of nitrogens with one attached hydrogen (secondary N) is 1. The Morgan fingerprint density at radius 1 is 0.805 bits per heavy atom. The summed E-state index contributed by atoms with van der Waals surface area (Å²) in [5, 5.41) is 7.53. The maximum atomic E-state index is 13.8. The summed E-state index contributed by atoms with van der Waals surface area (Å²) in [7, 11) is 0. The Bertz CT molecular complexity index is 1010. The molecule has 0 spiro atoms. The number of hydrazone groups is 1. The molecule has 3 rings (SSSR count). The van der Waals surface area contributed by atoms with Gasteiger partial charge in [-0.25, -0.2) is 5.12 Å². The van der Waals surface area contributed by atoms with E-state index in [2.05, 4.69) is 25.6 Å². The summed E-state index contributed by atoms with van der Waals surface area (Å²) >= 11 is 1.45. The van der Waals surface area contributed by atoms with E-state index in [0.29, 0.717) is 5.56 Å². The lowest BCUT2D eigenvalue weighted by atomic mass is 9.91. The summed E-state index contributed by atoms with van der Waals surface area (Å²) in [6.45, 7) is 7.37. The number of rotatable bonds is 22. The fraction of sp³-hybridized carbons (Fsp3) is 0.600. The van der Waals surface area contributed by atoms with Gasteiger partial charge in [-0.05, 0) is 61.5 Å². The van der Waals surface area contributed by atoms with E-state index >= 15 is 0 Å². The Morgan fingerprint density at radius 2 is 1.39 bits per heavy atom. The minimum Gasteiger partial charge on any atom is -0.494 e. The number of carbonyl (C=O) groups excluding carboxylic acids is 1. The van der Waals surface area contributed by atoms with Crippen molar-refractivity contribution in [3.8, 4) is 5.75 Å². The predicted molar refractivity (Wildman–Crippen MR) is 176 cm³/mol. The molecule has 0 saturated carbocycles. The zero-order chi connectivity index (χ0) is 29.1. The molecule has 2 unspecified atom stereocenters. The minimum atomic E-state index is -0.440. The quantitative estimate of drug-likeness (QED) is 0.0854. The second-order valence-corrected chi connectivity index (χ2v) is 12.2. The second-order valence-electron chi connectivity index (χ2n) is 11.4. The third-order valence-electron chi connectivity index (χ3n) is 7.89. The number of hydrazine groups is 1. The number of ether oxygens (including phenoxy) is 1. The van der Waals surface area contributed by atoms with Gasteiger partial charge in [0.1, 0.15) is 10.8 Å². The molecule has 0 amide bonds. The molecule has 41 heavy (non-hydrogen) atoms. The van der Waals surface area contributed by atoms with Gasteiger partial charge in [-0.2, -0.15) is 9.93 Å². The highest BCUT2D eigenvalue weighted by Gasteiger charge is 2.33. The van der Waals surface area contributed by atoms with E-state index in [1.807, 2.05) is 59.7 Å². The van der Waals surface area contributed by atoms with E-state index in [1.165, 1.54) is 82.6 Å². The first-order valence-electron chi connectivity index (χ1n) is 16.3. The van der Waals surface area contributed by atoms with Gasteiger partial charge in [-0.1, -0.05) is 128 Å². The van der Waals surface area contributed by atoms with Crippen LogP contribution in [0, 0.1) is 0 Å². The van der Waals surface area contributed by atoms with Crippen LogP contribution in [0.4, 0.5) is 0 Å². The van der Waals surface area contributed by atoms with Crippen LogP contribution in [0.25, 0.3) is 0 Å². The molecule has 0 radical (unpaired) electrons. The lowest BCUT2D eigenvalue weighted by Crippen LogP contribution is -2.33. The normalized spacial score (nSPS) is 14.6. The molecule has 1 aliphatic heterocycles. The molecular formula is C35H53N3O2S. The fourth-order valence-electron chi connectivity index (χ4n) is 5.23. The van der Waals surface area contributed by atoms with Crippen LogP contribution in [0.5, 0.6) is 5.75 Å². The summed E-state index contributed by atoms with van der Waals surface area (Å²) in [6, 6.07) is 17.9. The van der Waals surface area contributed by atoms with Gasteiger partial charge in [-0.15, -0.1) is 0 Å². The zero-order valence-electron chi connectivity index (χ0n) is 25.8. The van der Waals surface area contributed by atoms with Crippen molar-refractivity contribution in [2.24, 2.45) is 5.10 Å². The highest BCUT2D eigenvalue weighted by Crippen LogP contribution is 2.31. The molecule has 0 aliphatic carbocycles. The van der Waals surface area contributed by atoms with E-state index in [0.717, 1.165) is 48.6 Å². The van der Waals surface area contributed by atoms with Gasteiger partial charge >= 0.3 is 0 Å². The monoisotopic (exact) mass is 579 g/mol. The van der Waals surface area contributed by atoms with Crippen molar-refractivity contribution < 1.29 is 9.53 Å². The maximum absolute atomic E-state index is 13.8. The molecule has 2 aromatic rings. The summed E-state index contributed by atoms with van der Waals surface area (Å²) in [5.41, 5.74) is 1.64. The van der Waals surface area contributed by atoms with E-state index in [-0.39, 0.29) is 11.8 Å². The number of hydrogen-bond acceptors (Lipinski definition) is 6. The third kappa shape index (κ3) is 11.8. The van der Waals surface area contributed by atoms with Crippen molar-refractivity contribution in [2.75, 3.05) is 6.61 Å². The first-order valence-corrected chi connectivity index (χ1v) is 17.1. The van der Waals surface area contributed by atoms with Crippen LogP contribution in [0.15, 0.2) is 59.7 Å². The summed E-state index contributed by atoms with van der Waals surface area (Å²) in [5.74, 6) is 0.441. The van der Waals surface area contributed by atoms with Gasteiger partial charge < -0.3 is 4.74 Å². The first-order chi connectivity index (χ1) is 20.1. The Hall–Kier alpha value is -2.31. The number of carbonyl (C=O) groups is 1. The van der Waals surface area contributed by atoms with Crippen molar-refractivity contribution in [2.45, 2.75) is 129 Å². The Morgan fingerprint density at radius 3 is 2.00 bits per heavy atom. The van der Waals surface area contributed by atoms with Gasteiger partial charge in [0, 0.05) is 5.56 Å². The Labute approximate surface area is 254 Å². The molecule has 0 fully saturated rings. The highest BCUT2D eigenvalue weighted by molar-refractivity contribution is 8.12. The van der Waals surface area contributed by atoms with Gasteiger partial charge in [-0.3, -0.25) is 4.79 Å². The lowest BCUT2D eigenvalue weighted by Gasteiger charge is -2.20. The number of ketones is 1. The minimum absolute atomic E-state index is 0.0554. The highest BCUT2D eigenvalue weighted by atomic mass is 32.2. The lowest BCUT2D eigenvalue weighted by molar-refractivity contribution is 0.0982. The number of unbranched alkanes of at least 4 members (excludes halogenated alkanes) is 12. The molecule has 5 nitrogen and oxygen atoms in total. The van der Waals surface area contributed by atoms with E-state index in [9.17, 15) is 4.79 Å². The molecule has 0 saturated heterocycles. The van der Waals surface area contributed by atoms with E-state index in [4.69, 9.17) is 9.84 Å². The molecule has 2 aromatic carbocycles. The average Bonchev–Trinajstić information content (AvgIpc) is 3.49. The van der Waals surface area contributed by atoms with Crippen molar-refractivity contribution in [3.05, 3.63) is 65.7 Å². The number of hydrogen-bond donors (Lipinski definition) is 1. The van der Waals surface area contributed by atoms with Crippen LogP contribution in [0.2, 0.25) is 0 Å². The SMILES string of the molecule is CCCCCCCCCCCCCCOc1ccc(C(=O)C(C2=NN(C(C)CCCC)NS2)c2ccccc2)cc1. The van der Waals surface area contributed by atoms with Crippen molar-refractivity contribution in [1.82, 2.24) is 9.95 Å². The standard InChI is InChI=1S/C35H53N3O2S/c1-4-6-8-9-10-11-12-13-14-15-16-20-28-40-32-26-24-31(25-27-32)34(39)33(30-22-18-17-19-23-30)35-36-38(37-41-35)29(3)21-7-5-2/h17-19,22-27,29,33,37H,4-16,20-21,28H2,1-3H3. The first kappa shape index (κ1) is 33.2. The van der Waals surface area contributed by atoms with Crippen molar-refractivity contribution in [1.29, 1.82) is 0 Å². The van der Waals surface area contributed by atoms with Crippen LogP contribution in [-0.4, -0.2) is 28.6 Å². The number of nitrogens with zero attached hydrogens (tertiary/aromatic N) is 2. The second kappa shape index (κ2) is 19.7. The molecular weight excluding hydrogens is 526 g/mol.